The van der Waals surface area contributed by atoms with Crippen LogP contribution >= 0.6 is 0 Å². The molecule has 1 N–H and O–H groups in total. The predicted octanol–water partition coefficient (Wildman–Crippen LogP) is 2.58. The van der Waals surface area contributed by atoms with Gasteiger partial charge in [-0.1, -0.05) is 32.0 Å². The fourth-order valence-electron chi connectivity index (χ4n) is 3.18. The first-order valence-corrected chi connectivity index (χ1v) is 7.61. The number of hydrogen-bond donors (Lipinski definition) is 1. The summed E-state index contributed by atoms with van der Waals surface area (Å²) in [6.07, 6.45) is 0.961. The van der Waals surface area contributed by atoms with Crippen molar-refractivity contribution in [1.82, 2.24) is 20.4 Å². The second kappa shape index (κ2) is 4.87. The van der Waals surface area contributed by atoms with Crippen LogP contribution in [0.2, 0.25) is 0 Å². The number of pyridine rings is 1. The van der Waals surface area contributed by atoms with Crippen LogP contribution in [0.1, 0.15) is 29.9 Å². The summed E-state index contributed by atoms with van der Waals surface area (Å²) in [5.74, 6) is -0.102. The Kier molecular flexibility index (Phi) is 2.94. The molecule has 6 nitrogen and oxygen atoms in total. The third-order valence-electron chi connectivity index (χ3n) is 4.18. The zero-order valence-electron chi connectivity index (χ0n) is 13.1. The number of benzene rings is 1. The lowest BCUT2D eigenvalue weighted by Crippen LogP contribution is -2.44. The number of H-pyrrole nitrogens is 1. The van der Waals surface area contributed by atoms with Gasteiger partial charge >= 0.3 is 0 Å². The smallest absolute Gasteiger partial charge is 0.276 e. The summed E-state index contributed by atoms with van der Waals surface area (Å²) in [6.45, 7) is 5.02. The first kappa shape index (κ1) is 13.9. The highest BCUT2D eigenvalue weighted by Crippen LogP contribution is 2.36. The van der Waals surface area contributed by atoms with Crippen molar-refractivity contribution < 1.29 is 4.79 Å². The van der Waals surface area contributed by atoms with Gasteiger partial charge in [-0.05, 0) is 35.6 Å². The summed E-state index contributed by atoms with van der Waals surface area (Å²) in [4.78, 5) is 19.2. The molecule has 4 rings (SSSR count). The number of nitrogens with zero attached hydrogens (tertiary/aromatic N) is 4. The van der Waals surface area contributed by atoms with Gasteiger partial charge in [-0.15, -0.1) is 5.10 Å². The third kappa shape index (κ3) is 2.36. The molecular formula is C17H17N5O. The van der Waals surface area contributed by atoms with Crippen molar-refractivity contribution in [2.45, 2.75) is 20.3 Å². The van der Waals surface area contributed by atoms with Gasteiger partial charge in [0.2, 0.25) is 5.65 Å². The number of carbonyl (C=O) groups excluding carboxylic acids is 1. The van der Waals surface area contributed by atoms with Gasteiger partial charge in [0, 0.05) is 12.2 Å². The van der Waals surface area contributed by atoms with Gasteiger partial charge in [-0.3, -0.25) is 4.79 Å². The SMILES string of the molecule is CC1(C)Cc2ccccc2N(C(=O)c2ccc3n[nH]nc3n2)C1. The molecule has 0 saturated heterocycles. The Balaban J connectivity index is 1.78. The average molecular weight is 307 g/mol. The zero-order valence-corrected chi connectivity index (χ0v) is 13.1. The monoisotopic (exact) mass is 307 g/mol. The summed E-state index contributed by atoms with van der Waals surface area (Å²) in [5.41, 5.74) is 3.70. The second-order valence-electron chi connectivity index (χ2n) is 6.72. The summed E-state index contributed by atoms with van der Waals surface area (Å²) in [5, 5.41) is 10.5. The van der Waals surface area contributed by atoms with Crippen LogP contribution in [0.5, 0.6) is 0 Å². The molecule has 0 unspecified atom stereocenters. The first-order valence-electron chi connectivity index (χ1n) is 7.61. The summed E-state index contributed by atoms with van der Waals surface area (Å²) in [7, 11) is 0. The van der Waals surface area contributed by atoms with E-state index in [0.717, 1.165) is 12.1 Å². The van der Waals surface area contributed by atoms with E-state index in [1.807, 2.05) is 23.1 Å². The molecule has 0 fully saturated rings. The molecule has 3 aromatic rings. The van der Waals surface area contributed by atoms with E-state index < -0.39 is 0 Å². The minimum Gasteiger partial charge on any atom is -0.306 e. The fourth-order valence-corrected chi connectivity index (χ4v) is 3.18. The molecule has 0 radical (unpaired) electrons. The van der Waals surface area contributed by atoms with Crippen molar-refractivity contribution in [3.63, 3.8) is 0 Å². The number of rotatable bonds is 1. The molecular weight excluding hydrogens is 290 g/mol. The number of aromatic nitrogens is 4. The fraction of sp³-hybridized carbons (Fsp3) is 0.294. The number of carbonyl (C=O) groups is 1. The molecule has 1 aliphatic heterocycles. The van der Waals surface area contributed by atoms with Crippen LogP contribution in [0.15, 0.2) is 36.4 Å². The highest BCUT2D eigenvalue weighted by Gasteiger charge is 2.34. The number of fused-ring (bicyclic) bond motifs is 2. The number of anilines is 1. The van der Waals surface area contributed by atoms with Crippen LogP contribution < -0.4 is 4.90 Å². The molecule has 1 aromatic carbocycles. The number of amides is 1. The van der Waals surface area contributed by atoms with Crippen LogP contribution in [0.4, 0.5) is 5.69 Å². The molecule has 0 spiro atoms. The van der Waals surface area contributed by atoms with Crippen molar-refractivity contribution in [2.24, 2.45) is 5.41 Å². The largest absolute Gasteiger partial charge is 0.306 e. The quantitative estimate of drug-likeness (QED) is 0.750. The molecule has 116 valence electrons. The Labute approximate surface area is 133 Å². The average Bonchev–Trinajstić information content (AvgIpc) is 3.00. The van der Waals surface area contributed by atoms with E-state index in [1.54, 1.807) is 12.1 Å². The van der Waals surface area contributed by atoms with Crippen molar-refractivity contribution >= 4 is 22.8 Å². The van der Waals surface area contributed by atoms with Gasteiger partial charge in [-0.2, -0.15) is 10.3 Å². The summed E-state index contributed by atoms with van der Waals surface area (Å²) < 4.78 is 0. The molecule has 2 aromatic heterocycles. The van der Waals surface area contributed by atoms with Gasteiger partial charge in [-0.25, -0.2) is 4.98 Å². The molecule has 3 heterocycles. The maximum atomic E-state index is 13.0. The highest BCUT2D eigenvalue weighted by molar-refractivity contribution is 6.06. The van der Waals surface area contributed by atoms with Gasteiger partial charge < -0.3 is 4.90 Å². The van der Waals surface area contributed by atoms with E-state index in [0.29, 0.717) is 23.4 Å². The van der Waals surface area contributed by atoms with E-state index in [1.165, 1.54) is 5.56 Å². The molecule has 1 amide bonds. The summed E-state index contributed by atoms with van der Waals surface area (Å²) in [6, 6.07) is 11.5. The summed E-state index contributed by atoms with van der Waals surface area (Å²) >= 11 is 0. The van der Waals surface area contributed by atoms with Gasteiger partial charge in [0.1, 0.15) is 11.2 Å². The van der Waals surface area contributed by atoms with E-state index in [-0.39, 0.29) is 11.3 Å². The molecule has 0 saturated carbocycles. The molecule has 0 bridgehead atoms. The maximum absolute atomic E-state index is 13.0. The van der Waals surface area contributed by atoms with Crippen molar-refractivity contribution in [3.8, 4) is 0 Å². The van der Waals surface area contributed by atoms with E-state index in [9.17, 15) is 4.79 Å². The van der Waals surface area contributed by atoms with Crippen LogP contribution in [0.25, 0.3) is 11.2 Å². The van der Waals surface area contributed by atoms with Crippen molar-refractivity contribution in [3.05, 3.63) is 47.7 Å². The lowest BCUT2D eigenvalue weighted by atomic mass is 9.81. The van der Waals surface area contributed by atoms with Gasteiger partial charge in [0.15, 0.2) is 0 Å². The Hall–Kier alpha value is -2.76. The standard InChI is InChI=1S/C17H17N5O/c1-17(2)9-11-5-3-4-6-14(11)22(10-17)16(23)13-8-7-12-15(18-13)20-21-19-12/h3-8H,9-10H2,1-2H3,(H,18,19,20,21). The van der Waals surface area contributed by atoms with Gasteiger partial charge in [0.25, 0.3) is 5.91 Å². The molecule has 6 heteroatoms. The predicted molar refractivity (Wildman–Crippen MR) is 87.3 cm³/mol. The Morgan fingerprint density at radius 3 is 2.87 bits per heavy atom. The van der Waals surface area contributed by atoms with Crippen molar-refractivity contribution in [2.75, 3.05) is 11.4 Å². The van der Waals surface area contributed by atoms with Crippen LogP contribution in [-0.2, 0) is 6.42 Å². The van der Waals surface area contributed by atoms with E-state index in [4.69, 9.17) is 0 Å². The Bertz CT molecular complexity index is 899. The molecule has 1 aliphatic rings. The highest BCUT2D eigenvalue weighted by atomic mass is 16.2. The topological polar surface area (TPSA) is 74.8 Å². The third-order valence-corrected chi connectivity index (χ3v) is 4.18. The first-order chi connectivity index (χ1) is 11.0. The Morgan fingerprint density at radius 1 is 1.17 bits per heavy atom. The zero-order chi connectivity index (χ0) is 16.0. The molecule has 0 aliphatic carbocycles. The van der Waals surface area contributed by atoms with Crippen LogP contribution in [-0.4, -0.2) is 32.8 Å². The molecule has 23 heavy (non-hydrogen) atoms. The normalized spacial score (nSPS) is 16.3. The minimum atomic E-state index is -0.102. The maximum Gasteiger partial charge on any atom is 0.276 e. The Morgan fingerprint density at radius 2 is 2.00 bits per heavy atom. The number of hydrogen-bond acceptors (Lipinski definition) is 4. The number of nitrogens with one attached hydrogen (secondary N) is 1. The lowest BCUT2D eigenvalue weighted by Gasteiger charge is -2.39. The van der Waals surface area contributed by atoms with Crippen molar-refractivity contribution in [1.29, 1.82) is 0 Å². The lowest BCUT2D eigenvalue weighted by molar-refractivity contribution is 0.0967. The number of aromatic amines is 1. The number of para-hydroxylation sites is 1. The van der Waals surface area contributed by atoms with Crippen LogP contribution in [0.3, 0.4) is 0 Å². The van der Waals surface area contributed by atoms with Gasteiger partial charge in [0.05, 0.1) is 0 Å². The minimum absolute atomic E-state index is 0.0298. The second-order valence-corrected chi connectivity index (χ2v) is 6.72. The van der Waals surface area contributed by atoms with E-state index in [2.05, 4.69) is 40.3 Å². The van der Waals surface area contributed by atoms with Crippen LogP contribution in [0, 0.1) is 5.41 Å². The molecule has 0 atom stereocenters. The van der Waals surface area contributed by atoms with E-state index >= 15 is 0 Å².